The summed E-state index contributed by atoms with van der Waals surface area (Å²) in [5, 5.41) is 13.1. The molecule has 1 aromatic carbocycles. The van der Waals surface area contributed by atoms with Crippen molar-refractivity contribution in [2.75, 3.05) is 7.11 Å². The van der Waals surface area contributed by atoms with Gasteiger partial charge in [-0.3, -0.25) is 0 Å². The number of pyridine rings is 1. The number of nitrogens with zero attached hydrogens (tertiary/aromatic N) is 2. The summed E-state index contributed by atoms with van der Waals surface area (Å²) in [6, 6.07) is 11.6. The monoisotopic (exact) mass is 352 g/mol. The van der Waals surface area contributed by atoms with Crippen LogP contribution < -0.4 is 10.5 Å². The van der Waals surface area contributed by atoms with E-state index in [1.165, 1.54) is 5.56 Å². The van der Waals surface area contributed by atoms with Gasteiger partial charge < -0.3 is 20.7 Å². The van der Waals surface area contributed by atoms with Gasteiger partial charge in [0, 0.05) is 40.2 Å². The number of amidine groups is 1. The lowest BCUT2D eigenvalue weighted by Crippen LogP contribution is -2.16. The molecule has 0 aliphatic heterocycles. The molecule has 2 aromatic heterocycles. The normalized spacial score (nSPS) is 12.5. The van der Waals surface area contributed by atoms with E-state index in [9.17, 15) is 0 Å². The summed E-state index contributed by atoms with van der Waals surface area (Å²) in [7, 11) is 1.66. The first-order chi connectivity index (χ1) is 12.3. The molecule has 0 fully saturated rings. The third-order valence-corrected chi connectivity index (χ3v) is 4.40. The first-order valence-electron chi connectivity index (χ1n) is 8.46. The van der Waals surface area contributed by atoms with Crippen molar-refractivity contribution in [3.05, 3.63) is 59.0 Å². The van der Waals surface area contributed by atoms with Gasteiger partial charge in [-0.1, -0.05) is 32.0 Å². The van der Waals surface area contributed by atoms with E-state index in [4.69, 9.17) is 15.7 Å². The van der Waals surface area contributed by atoms with Crippen LogP contribution >= 0.6 is 0 Å². The van der Waals surface area contributed by atoms with Crippen molar-refractivity contribution in [1.82, 2.24) is 9.97 Å². The number of aromatic nitrogens is 2. The number of aromatic amines is 1. The summed E-state index contributed by atoms with van der Waals surface area (Å²) in [5.74, 6) is 0.823. The lowest BCUT2D eigenvalue weighted by Gasteiger charge is -2.19. The molecular weight excluding hydrogens is 328 g/mol. The zero-order valence-corrected chi connectivity index (χ0v) is 15.5. The Morgan fingerprint density at radius 2 is 2.04 bits per heavy atom. The molecule has 2 heterocycles. The molecule has 0 bridgehead atoms. The van der Waals surface area contributed by atoms with Crippen LogP contribution in [0.25, 0.3) is 10.9 Å². The zero-order chi connectivity index (χ0) is 18.9. The van der Waals surface area contributed by atoms with Crippen LogP contribution in [0.1, 0.15) is 43.4 Å². The summed E-state index contributed by atoms with van der Waals surface area (Å²) in [5.41, 5.74) is 10.3. The highest BCUT2D eigenvalue weighted by Crippen LogP contribution is 2.34. The van der Waals surface area contributed by atoms with Gasteiger partial charge in [0.15, 0.2) is 5.84 Å². The van der Waals surface area contributed by atoms with Gasteiger partial charge in [-0.25, -0.2) is 4.98 Å². The van der Waals surface area contributed by atoms with Crippen molar-refractivity contribution in [2.45, 2.75) is 32.6 Å². The highest BCUT2D eigenvalue weighted by molar-refractivity contribution is 5.95. The second-order valence-corrected chi connectivity index (χ2v) is 7.32. The number of ether oxygens (including phenoxy) is 1. The molecule has 0 aliphatic carbocycles. The molecule has 4 N–H and O–H groups in total. The van der Waals surface area contributed by atoms with Crippen LogP contribution in [0.3, 0.4) is 0 Å². The number of H-pyrrole nitrogens is 1. The van der Waals surface area contributed by atoms with Crippen LogP contribution in [0.2, 0.25) is 0 Å². The van der Waals surface area contributed by atoms with E-state index in [0.717, 1.165) is 28.0 Å². The first-order valence-corrected chi connectivity index (χ1v) is 8.46. The van der Waals surface area contributed by atoms with Gasteiger partial charge >= 0.3 is 0 Å². The van der Waals surface area contributed by atoms with Crippen LogP contribution in [0.5, 0.6) is 5.75 Å². The first kappa shape index (κ1) is 17.8. The van der Waals surface area contributed by atoms with Gasteiger partial charge in [0.05, 0.1) is 7.11 Å². The average molecular weight is 352 g/mol. The molecule has 0 saturated heterocycles. The van der Waals surface area contributed by atoms with Crippen LogP contribution in [-0.4, -0.2) is 28.1 Å². The number of benzene rings is 1. The molecule has 0 aliphatic rings. The predicted octanol–water partition coefficient (Wildman–Crippen LogP) is 3.55. The van der Waals surface area contributed by atoms with E-state index in [-0.39, 0.29) is 11.3 Å². The Labute approximate surface area is 152 Å². The Morgan fingerprint density at radius 3 is 2.69 bits per heavy atom. The highest BCUT2D eigenvalue weighted by atomic mass is 16.5. The number of oxime groups is 1. The van der Waals surface area contributed by atoms with Gasteiger partial charge in [0.2, 0.25) is 0 Å². The van der Waals surface area contributed by atoms with Gasteiger partial charge in [-0.2, -0.15) is 0 Å². The number of nitrogens with two attached hydrogens (primary N) is 1. The fraction of sp³-hybridized carbons (Fsp3) is 0.300. The van der Waals surface area contributed by atoms with Crippen molar-refractivity contribution in [2.24, 2.45) is 10.9 Å². The van der Waals surface area contributed by atoms with E-state index >= 15 is 0 Å². The topological polar surface area (TPSA) is 96.5 Å². The van der Waals surface area contributed by atoms with Crippen molar-refractivity contribution < 1.29 is 9.94 Å². The minimum atomic E-state index is -0.0508. The summed E-state index contributed by atoms with van der Waals surface area (Å²) < 4.78 is 5.35. The highest BCUT2D eigenvalue weighted by Gasteiger charge is 2.23. The standard InChI is InChI=1S/C20H24N4O2/c1-20(2,3)18-15(14-9-8-13(26-4)11-17(14)23-18)10-12-6-5-7-16(22-12)19(21)24-25/h5-9,11,23,25H,10H2,1-4H3,(H2,21,24). The molecule has 3 aromatic rings. The van der Waals surface area contributed by atoms with Crippen LogP contribution in [-0.2, 0) is 11.8 Å². The van der Waals surface area contributed by atoms with E-state index in [2.05, 4.69) is 42.0 Å². The van der Waals surface area contributed by atoms with Crippen LogP contribution in [0, 0.1) is 0 Å². The molecule has 26 heavy (non-hydrogen) atoms. The summed E-state index contributed by atoms with van der Waals surface area (Å²) in [6.07, 6.45) is 0.644. The van der Waals surface area contributed by atoms with Crippen molar-refractivity contribution >= 4 is 16.7 Å². The number of fused-ring (bicyclic) bond motifs is 1. The number of nitrogens with one attached hydrogen (secondary N) is 1. The Kier molecular flexibility index (Phi) is 4.59. The molecule has 136 valence electrons. The Morgan fingerprint density at radius 1 is 1.27 bits per heavy atom. The smallest absolute Gasteiger partial charge is 0.188 e. The lowest BCUT2D eigenvalue weighted by molar-refractivity contribution is 0.318. The van der Waals surface area contributed by atoms with E-state index in [1.54, 1.807) is 13.2 Å². The largest absolute Gasteiger partial charge is 0.497 e. The van der Waals surface area contributed by atoms with Gasteiger partial charge in [-0.05, 0) is 29.8 Å². The molecule has 0 atom stereocenters. The third-order valence-electron chi connectivity index (χ3n) is 4.40. The molecule has 0 saturated carbocycles. The van der Waals surface area contributed by atoms with Crippen molar-refractivity contribution in [3.63, 3.8) is 0 Å². The molecular formula is C20H24N4O2. The number of rotatable bonds is 4. The quantitative estimate of drug-likeness (QED) is 0.289. The molecule has 0 unspecified atom stereocenters. The molecule has 3 rings (SSSR count). The molecule has 0 spiro atoms. The second kappa shape index (κ2) is 6.71. The third kappa shape index (κ3) is 3.35. The van der Waals surface area contributed by atoms with E-state index in [0.29, 0.717) is 12.1 Å². The molecule has 0 amide bonds. The molecule has 6 nitrogen and oxygen atoms in total. The van der Waals surface area contributed by atoms with Gasteiger partial charge in [-0.15, -0.1) is 0 Å². The van der Waals surface area contributed by atoms with Crippen LogP contribution in [0.4, 0.5) is 0 Å². The number of methoxy groups -OCH3 is 1. The lowest BCUT2D eigenvalue weighted by atomic mass is 9.87. The van der Waals surface area contributed by atoms with Crippen molar-refractivity contribution in [1.29, 1.82) is 0 Å². The maximum absolute atomic E-state index is 8.88. The van der Waals surface area contributed by atoms with Crippen LogP contribution in [0.15, 0.2) is 41.6 Å². The zero-order valence-electron chi connectivity index (χ0n) is 15.5. The Balaban J connectivity index is 2.12. The Bertz CT molecular complexity index is 968. The minimum Gasteiger partial charge on any atom is -0.497 e. The fourth-order valence-electron chi connectivity index (χ4n) is 3.14. The number of hydrogen-bond donors (Lipinski definition) is 3. The van der Waals surface area contributed by atoms with E-state index < -0.39 is 0 Å². The summed E-state index contributed by atoms with van der Waals surface area (Å²) >= 11 is 0. The van der Waals surface area contributed by atoms with Gasteiger partial charge in [0.25, 0.3) is 0 Å². The maximum Gasteiger partial charge on any atom is 0.188 e. The van der Waals surface area contributed by atoms with E-state index in [1.807, 2.05) is 24.3 Å². The Hall–Kier alpha value is -3.02. The molecule has 6 heteroatoms. The minimum absolute atomic E-state index is 0.00607. The maximum atomic E-state index is 8.88. The fourth-order valence-corrected chi connectivity index (χ4v) is 3.14. The predicted molar refractivity (Wildman–Crippen MR) is 103 cm³/mol. The van der Waals surface area contributed by atoms with Gasteiger partial charge in [0.1, 0.15) is 11.4 Å². The second-order valence-electron chi connectivity index (χ2n) is 7.32. The SMILES string of the molecule is COc1ccc2c(Cc3cccc(C(N)=NO)n3)c(C(C)(C)C)[nH]c2c1. The summed E-state index contributed by atoms with van der Waals surface area (Å²) in [4.78, 5) is 8.08. The molecule has 0 radical (unpaired) electrons. The van der Waals surface area contributed by atoms with Crippen molar-refractivity contribution in [3.8, 4) is 5.75 Å². The average Bonchev–Trinajstić information content (AvgIpc) is 2.99. The summed E-state index contributed by atoms with van der Waals surface area (Å²) in [6.45, 7) is 6.54. The number of hydrogen-bond acceptors (Lipinski definition) is 4.